The zero-order valence-corrected chi connectivity index (χ0v) is 14.6. The molecule has 136 valence electrons. The van der Waals surface area contributed by atoms with E-state index in [9.17, 15) is 19.5 Å². The largest absolute Gasteiger partial charge is 0.507 e. The molecule has 0 saturated heterocycles. The number of likely N-dealkylation sites (N-methyl/N-ethyl adjacent to an activating group) is 1. The molecular weight excluding hydrogens is 336 g/mol. The number of anilines is 1. The lowest BCUT2D eigenvalue weighted by Gasteiger charge is -2.17. The number of hydrogen-bond acceptors (Lipinski definition) is 5. The molecule has 0 bridgehead atoms. The van der Waals surface area contributed by atoms with Gasteiger partial charge in [-0.05, 0) is 31.2 Å². The quantitative estimate of drug-likeness (QED) is 0.772. The van der Waals surface area contributed by atoms with Crippen LogP contribution in [0.3, 0.4) is 0 Å². The summed E-state index contributed by atoms with van der Waals surface area (Å²) >= 11 is 0. The minimum Gasteiger partial charge on any atom is -0.507 e. The lowest BCUT2D eigenvalue weighted by atomic mass is 10.2. The van der Waals surface area contributed by atoms with Crippen molar-refractivity contribution in [1.82, 2.24) is 4.90 Å². The summed E-state index contributed by atoms with van der Waals surface area (Å²) in [6, 6.07) is 13.1. The van der Waals surface area contributed by atoms with Gasteiger partial charge in [0.25, 0.3) is 5.91 Å². The summed E-state index contributed by atoms with van der Waals surface area (Å²) in [6.45, 7) is 1.23. The van der Waals surface area contributed by atoms with Crippen LogP contribution in [-0.2, 0) is 14.3 Å². The third kappa shape index (κ3) is 5.34. The summed E-state index contributed by atoms with van der Waals surface area (Å²) in [6.07, 6.45) is 0. The number of amides is 2. The maximum Gasteiger partial charge on any atom is 0.342 e. The molecule has 0 aromatic heterocycles. The molecule has 0 aliphatic carbocycles. The number of phenols is 1. The maximum absolute atomic E-state index is 12.0. The molecule has 2 amide bonds. The summed E-state index contributed by atoms with van der Waals surface area (Å²) in [4.78, 5) is 37.0. The van der Waals surface area contributed by atoms with Gasteiger partial charge in [0, 0.05) is 12.7 Å². The minimum absolute atomic E-state index is 0.0277. The summed E-state index contributed by atoms with van der Waals surface area (Å²) < 4.78 is 4.88. The first-order valence-corrected chi connectivity index (χ1v) is 7.92. The van der Waals surface area contributed by atoms with Crippen LogP contribution in [0.2, 0.25) is 0 Å². The molecule has 26 heavy (non-hydrogen) atoms. The van der Waals surface area contributed by atoms with E-state index in [1.807, 2.05) is 19.1 Å². The van der Waals surface area contributed by atoms with Gasteiger partial charge < -0.3 is 20.1 Å². The average Bonchev–Trinajstić information content (AvgIpc) is 2.61. The van der Waals surface area contributed by atoms with E-state index in [0.29, 0.717) is 5.69 Å². The van der Waals surface area contributed by atoms with E-state index in [-0.39, 0.29) is 23.8 Å². The molecule has 0 aliphatic heterocycles. The van der Waals surface area contributed by atoms with Crippen LogP contribution in [0.15, 0.2) is 48.5 Å². The van der Waals surface area contributed by atoms with Crippen molar-refractivity contribution in [2.75, 3.05) is 25.5 Å². The molecule has 0 radical (unpaired) electrons. The standard InChI is InChI=1S/C19H20N2O5/c1-13-7-9-14(10-8-13)20-17(23)11-21(2)18(24)12-26-19(25)15-5-3-4-6-16(15)22/h3-10,22H,11-12H2,1-2H3,(H,20,23). The van der Waals surface area contributed by atoms with Gasteiger partial charge in [0.05, 0.1) is 6.54 Å². The normalized spacial score (nSPS) is 10.1. The Bertz CT molecular complexity index is 802. The van der Waals surface area contributed by atoms with Gasteiger partial charge in [-0.2, -0.15) is 0 Å². The molecule has 0 heterocycles. The van der Waals surface area contributed by atoms with Crippen LogP contribution in [0.4, 0.5) is 5.69 Å². The number of esters is 1. The van der Waals surface area contributed by atoms with E-state index in [1.165, 1.54) is 19.2 Å². The van der Waals surface area contributed by atoms with Gasteiger partial charge in [-0.1, -0.05) is 29.8 Å². The third-order valence-corrected chi connectivity index (χ3v) is 3.59. The van der Waals surface area contributed by atoms with Crippen molar-refractivity contribution in [3.05, 3.63) is 59.7 Å². The Labute approximate surface area is 151 Å². The lowest BCUT2D eigenvalue weighted by molar-refractivity contribution is -0.136. The van der Waals surface area contributed by atoms with Gasteiger partial charge >= 0.3 is 5.97 Å². The monoisotopic (exact) mass is 356 g/mol. The number of hydrogen-bond donors (Lipinski definition) is 2. The molecule has 7 heteroatoms. The number of aromatic hydroxyl groups is 1. The number of aryl methyl sites for hydroxylation is 1. The second-order valence-corrected chi connectivity index (χ2v) is 5.76. The molecule has 0 aliphatic rings. The van der Waals surface area contributed by atoms with Gasteiger partial charge in [-0.3, -0.25) is 9.59 Å². The van der Waals surface area contributed by atoms with Crippen LogP contribution in [0, 0.1) is 6.92 Å². The van der Waals surface area contributed by atoms with E-state index < -0.39 is 18.5 Å². The maximum atomic E-state index is 12.0. The number of nitrogens with one attached hydrogen (secondary N) is 1. The predicted molar refractivity (Wildman–Crippen MR) is 95.8 cm³/mol. The molecule has 2 aromatic rings. The third-order valence-electron chi connectivity index (χ3n) is 3.59. The van der Waals surface area contributed by atoms with Crippen LogP contribution >= 0.6 is 0 Å². The fourth-order valence-electron chi connectivity index (χ4n) is 2.10. The number of carbonyl (C=O) groups is 3. The molecule has 2 aromatic carbocycles. The van der Waals surface area contributed by atoms with Gasteiger partial charge in [0.1, 0.15) is 11.3 Å². The topological polar surface area (TPSA) is 95.9 Å². The molecule has 2 rings (SSSR count). The van der Waals surface area contributed by atoms with Crippen molar-refractivity contribution >= 4 is 23.5 Å². The Morgan fingerprint density at radius 3 is 2.38 bits per heavy atom. The lowest BCUT2D eigenvalue weighted by Crippen LogP contribution is -2.37. The minimum atomic E-state index is -0.811. The van der Waals surface area contributed by atoms with Crippen LogP contribution in [0.25, 0.3) is 0 Å². The smallest absolute Gasteiger partial charge is 0.342 e. The van der Waals surface area contributed by atoms with Crippen molar-refractivity contribution in [1.29, 1.82) is 0 Å². The average molecular weight is 356 g/mol. The van der Waals surface area contributed by atoms with Crippen molar-refractivity contribution in [3.63, 3.8) is 0 Å². The summed E-state index contributed by atoms with van der Waals surface area (Å²) in [5.74, 6) is -1.94. The Kier molecular flexibility index (Phi) is 6.32. The Morgan fingerprint density at radius 2 is 1.73 bits per heavy atom. The predicted octanol–water partition coefficient (Wildman–Crippen LogP) is 1.95. The SMILES string of the molecule is Cc1ccc(NC(=O)CN(C)C(=O)COC(=O)c2ccccc2O)cc1. The van der Waals surface area contributed by atoms with E-state index >= 15 is 0 Å². The van der Waals surface area contributed by atoms with E-state index in [4.69, 9.17) is 4.74 Å². The van der Waals surface area contributed by atoms with Crippen molar-refractivity contribution < 1.29 is 24.2 Å². The fourth-order valence-corrected chi connectivity index (χ4v) is 2.10. The number of benzene rings is 2. The van der Waals surface area contributed by atoms with Crippen LogP contribution in [0.1, 0.15) is 15.9 Å². The van der Waals surface area contributed by atoms with Gasteiger partial charge in [-0.25, -0.2) is 4.79 Å². The Balaban J connectivity index is 1.81. The highest BCUT2D eigenvalue weighted by Crippen LogP contribution is 2.16. The van der Waals surface area contributed by atoms with Crippen LogP contribution < -0.4 is 5.32 Å². The van der Waals surface area contributed by atoms with Gasteiger partial charge in [0.15, 0.2) is 6.61 Å². The number of ether oxygens (including phenoxy) is 1. The first-order chi connectivity index (χ1) is 12.4. The zero-order valence-electron chi connectivity index (χ0n) is 14.6. The van der Waals surface area contributed by atoms with E-state index in [1.54, 1.807) is 24.3 Å². The molecule has 0 unspecified atom stereocenters. The first-order valence-electron chi connectivity index (χ1n) is 7.92. The van der Waals surface area contributed by atoms with Gasteiger partial charge in [-0.15, -0.1) is 0 Å². The van der Waals surface area contributed by atoms with Crippen LogP contribution in [0.5, 0.6) is 5.75 Å². The van der Waals surface area contributed by atoms with E-state index in [2.05, 4.69) is 5.32 Å². The molecule has 0 fully saturated rings. The van der Waals surface area contributed by atoms with Crippen molar-refractivity contribution in [2.24, 2.45) is 0 Å². The number of phenolic OH excluding ortho intramolecular Hbond substituents is 1. The Hall–Kier alpha value is -3.35. The first kappa shape index (κ1) is 19.0. The molecule has 0 atom stereocenters. The molecule has 7 nitrogen and oxygen atoms in total. The highest BCUT2D eigenvalue weighted by atomic mass is 16.5. The number of para-hydroxylation sites is 1. The van der Waals surface area contributed by atoms with Crippen molar-refractivity contribution in [3.8, 4) is 5.75 Å². The van der Waals surface area contributed by atoms with Gasteiger partial charge in [0.2, 0.25) is 5.91 Å². The molecular formula is C19H20N2O5. The van der Waals surface area contributed by atoms with Crippen molar-refractivity contribution in [2.45, 2.75) is 6.92 Å². The summed E-state index contributed by atoms with van der Waals surface area (Å²) in [5.41, 5.74) is 1.68. The number of nitrogens with zero attached hydrogens (tertiary/aromatic N) is 1. The summed E-state index contributed by atoms with van der Waals surface area (Å²) in [5, 5.41) is 12.3. The molecule has 0 spiro atoms. The zero-order chi connectivity index (χ0) is 19.1. The number of rotatable bonds is 6. The van der Waals surface area contributed by atoms with E-state index in [0.717, 1.165) is 10.5 Å². The van der Waals surface area contributed by atoms with Crippen LogP contribution in [-0.4, -0.2) is 48.0 Å². The number of carbonyl (C=O) groups excluding carboxylic acids is 3. The fraction of sp³-hybridized carbons (Fsp3) is 0.211. The molecule has 0 saturated carbocycles. The summed E-state index contributed by atoms with van der Waals surface area (Å²) in [7, 11) is 1.44. The highest BCUT2D eigenvalue weighted by Gasteiger charge is 2.17. The Morgan fingerprint density at radius 1 is 1.08 bits per heavy atom. The highest BCUT2D eigenvalue weighted by molar-refractivity contribution is 5.96. The molecule has 2 N–H and O–H groups in total. The second kappa shape index (κ2) is 8.66. The second-order valence-electron chi connectivity index (χ2n) is 5.76.